The van der Waals surface area contributed by atoms with Crippen molar-refractivity contribution in [1.82, 2.24) is 9.80 Å². The van der Waals surface area contributed by atoms with Gasteiger partial charge in [0.25, 0.3) is 11.8 Å². The molecule has 30 heavy (non-hydrogen) atoms. The van der Waals surface area contributed by atoms with Crippen LogP contribution in [0.15, 0.2) is 60.3 Å². The van der Waals surface area contributed by atoms with Crippen molar-refractivity contribution in [3.63, 3.8) is 0 Å². The lowest BCUT2D eigenvalue weighted by Crippen LogP contribution is -2.47. The Bertz CT molecular complexity index is 963. The van der Waals surface area contributed by atoms with E-state index in [-0.39, 0.29) is 11.8 Å². The minimum atomic E-state index is -0.185. The average Bonchev–Trinajstić information content (AvgIpc) is 3.05. The van der Waals surface area contributed by atoms with Gasteiger partial charge in [0.05, 0.1) is 18.4 Å². The molecular weight excluding hydrogens is 378 g/mol. The standard InChI is InChI=1S/C24H27N3O3/c1-3-13-27-23(28)21(18-9-5-4-6-10-18)22(24(27)29)26-16-14-25(15-17-26)19-11-7-8-12-20(19)30-2/h4-12H,3,13-17H2,1-2H3. The van der Waals surface area contributed by atoms with E-state index in [0.717, 1.165) is 36.5 Å². The number of carbonyl (C=O) groups excluding carboxylic acids is 2. The fraction of sp³-hybridized carbons (Fsp3) is 0.333. The molecule has 4 rings (SSSR count). The predicted octanol–water partition coefficient (Wildman–Crippen LogP) is 3.01. The van der Waals surface area contributed by atoms with Crippen LogP contribution in [-0.4, -0.2) is 61.4 Å². The van der Waals surface area contributed by atoms with Crippen molar-refractivity contribution in [2.24, 2.45) is 0 Å². The van der Waals surface area contributed by atoms with Crippen LogP contribution in [0.25, 0.3) is 5.57 Å². The van der Waals surface area contributed by atoms with E-state index in [2.05, 4.69) is 15.9 Å². The Balaban J connectivity index is 1.62. The van der Waals surface area contributed by atoms with E-state index < -0.39 is 0 Å². The first-order valence-corrected chi connectivity index (χ1v) is 10.4. The Morgan fingerprint density at radius 3 is 2.13 bits per heavy atom. The highest BCUT2D eigenvalue weighted by Crippen LogP contribution is 2.34. The maximum atomic E-state index is 13.2. The number of piperazine rings is 1. The molecule has 2 aliphatic heterocycles. The minimum Gasteiger partial charge on any atom is -0.495 e. The number of hydrogen-bond acceptors (Lipinski definition) is 5. The number of para-hydroxylation sites is 2. The van der Waals surface area contributed by atoms with Crippen LogP contribution in [0.2, 0.25) is 0 Å². The number of hydrogen-bond donors (Lipinski definition) is 0. The first-order chi connectivity index (χ1) is 14.7. The Kier molecular flexibility index (Phi) is 5.74. The second-order valence-electron chi connectivity index (χ2n) is 7.50. The topological polar surface area (TPSA) is 53.1 Å². The quantitative estimate of drug-likeness (QED) is 0.692. The fourth-order valence-corrected chi connectivity index (χ4v) is 4.21. The molecule has 2 aliphatic rings. The number of benzene rings is 2. The highest BCUT2D eigenvalue weighted by atomic mass is 16.5. The summed E-state index contributed by atoms with van der Waals surface area (Å²) in [5.74, 6) is 0.484. The van der Waals surface area contributed by atoms with E-state index in [1.807, 2.05) is 55.5 Å². The third-order valence-corrected chi connectivity index (χ3v) is 5.67. The molecule has 0 unspecified atom stereocenters. The van der Waals surface area contributed by atoms with Crippen LogP contribution in [0.5, 0.6) is 5.75 Å². The molecule has 2 amide bonds. The number of rotatable bonds is 6. The van der Waals surface area contributed by atoms with E-state index in [9.17, 15) is 9.59 Å². The molecule has 2 aromatic carbocycles. The monoisotopic (exact) mass is 405 g/mol. The summed E-state index contributed by atoms with van der Waals surface area (Å²) < 4.78 is 5.50. The van der Waals surface area contributed by atoms with Gasteiger partial charge in [-0.05, 0) is 24.1 Å². The SMILES string of the molecule is CCCN1C(=O)C(c2ccccc2)=C(N2CCN(c3ccccc3OC)CC2)C1=O. The molecule has 0 spiro atoms. The Labute approximate surface area is 177 Å². The molecule has 156 valence electrons. The van der Waals surface area contributed by atoms with E-state index >= 15 is 0 Å². The Morgan fingerprint density at radius 1 is 0.833 bits per heavy atom. The first kappa shape index (κ1) is 20.0. The van der Waals surface area contributed by atoms with Gasteiger partial charge >= 0.3 is 0 Å². The number of imide groups is 1. The van der Waals surface area contributed by atoms with E-state index in [1.165, 1.54) is 4.90 Å². The zero-order valence-electron chi connectivity index (χ0n) is 17.5. The van der Waals surface area contributed by atoms with Gasteiger partial charge in [-0.25, -0.2) is 0 Å². The van der Waals surface area contributed by atoms with E-state index in [0.29, 0.717) is 30.9 Å². The highest BCUT2D eigenvalue weighted by molar-refractivity contribution is 6.35. The zero-order chi connectivity index (χ0) is 21.1. The Hall–Kier alpha value is -3.28. The lowest BCUT2D eigenvalue weighted by atomic mass is 10.0. The van der Waals surface area contributed by atoms with Crippen molar-refractivity contribution in [3.05, 3.63) is 65.9 Å². The average molecular weight is 405 g/mol. The van der Waals surface area contributed by atoms with Crippen molar-refractivity contribution in [2.75, 3.05) is 44.7 Å². The van der Waals surface area contributed by atoms with Crippen molar-refractivity contribution >= 4 is 23.1 Å². The normalized spacial score (nSPS) is 17.2. The summed E-state index contributed by atoms with van der Waals surface area (Å²) in [5.41, 5.74) is 2.93. The molecule has 0 bridgehead atoms. The van der Waals surface area contributed by atoms with Gasteiger partial charge in [0.1, 0.15) is 11.4 Å². The largest absolute Gasteiger partial charge is 0.495 e. The number of amides is 2. The number of carbonyl (C=O) groups is 2. The minimum absolute atomic E-state index is 0.175. The summed E-state index contributed by atoms with van der Waals surface area (Å²) in [5, 5.41) is 0. The molecule has 0 aromatic heterocycles. The number of anilines is 1. The number of nitrogens with zero attached hydrogens (tertiary/aromatic N) is 3. The molecule has 0 atom stereocenters. The van der Waals surface area contributed by atoms with Gasteiger partial charge in [0.2, 0.25) is 0 Å². The van der Waals surface area contributed by atoms with Crippen LogP contribution in [0.3, 0.4) is 0 Å². The Morgan fingerprint density at radius 2 is 1.47 bits per heavy atom. The molecule has 0 aliphatic carbocycles. The summed E-state index contributed by atoms with van der Waals surface area (Å²) in [7, 11) is 1.68. The lowest BCUT2D eigenvalue weighted by Gasteiger charge is -2.38. The molecule has 1 fully saturated rings. The van der Waals surface area contributed by atoms with Gasteiger partial charge in [-0.3, -0.25) is 14.5 Å². The molecule has 0 radical (unpaired) electrons. The van der Waals surface area contributed by atoms with E-state index in [4.69, 9.17) is 4.74 Å². The summed E-state index contributed by atoms with van der Waals surface area (Å²) in [6.45, 7) is 5.26. The zero-order valence-corrected chi connectivity index (χ0v) is 17.5. The maximum absolute atomic E-state index is 13.2. The van der Waals surface area contributed by atoms with Crippen molar-refractivity contribution < 1.29 is 14.3 Å². The van der Waals surface area contributed by atoms with Gasteiger partial charge in [0.15, 0.2) is 0 Å². The molecule has 6 nitrogen and oxygen atoms in total. The van der Waals surface area contributed by atoms with Crippen LogP contribution >= 0.6 is 0 Å². The van der Waals surface area contributed by atoms with Gasteiger partial charge in [-0.1, -0.05) is 49.4 Å². The van der Waals surface area contributed by atoms with Crippen molar-refractivity contribution in [3.8, 4) is 5.75 Å². The summed E-state index contributed by atoms with van der Waals surface area (Å²) in [4.78, 5) is 32.1. The van der Waals surface area contributed by atoms with Crippen molar-refractivity contribution in [2.45, 2.75) is 13.3 Å². The van der Waals surface area contributed by atoms with Crippen LogP contribution < -0.4 is 9.64 Å². The van der Waals surface area contributed by atoms with Crippen LogP contribution in [-0.2, 0) is 9.59 Å². The molecule has 6 heteroatoms. The van der Waals surface area contributed by atoms with Crippen LogP contribution in [0.4, 0.5) is 5.69 Å². The first-order valence-electron chi connectivity index (χ1n) is 10.4. The maximum Gasteiger partial charge on any atom is 0.277 e. The predicted molar refractivity (Wildman–Crippen MR) is 117 cm³/mol. The van der Waals surface area contributed by atoms with Gasteiger partial charge in [-0.2, -0.15) is 0 Å². The van der Waals surface area contributed by atoms with Crippen LogP contribution in [0, 0.1) is 0 Å². The van der Waals surface area contributed by atoms with Crippen molar-refractivity contribution in [1.29, 1.82) is 0 Å². The second-order valence-corrected chi connectivity index (χ2v) is 7.50. The molecular formula is C24H27N3O3. The fourth-order valence-electron chi connectivity index (χ4n) is 4.21. The molecule has 0 saturated carbocycles. The summed E-state index contributed by atoms with van der Waals surface area (Å²) in [6, 6.07) is 17.5. The lowest BCUT2D eigenvalue weighted by molar-refractivity contribution is -0.137. The summed E-state index contributed by atoms with van der Waals surface area (Å²) in [6.07, 6.45) is 0.744. The number of methoxy groups -OCH3 is 1. The second kappa shape index (κ2) is 8.61. The molecule has 2 aromatic rings. The highest BCUT2D eigenvalue weighted by Gasteiger charge is 2.41. The smallest absolute Gasteiger partial charge is 0.277 e. The molecule has 0 N–H and O–H groups in total. The van der Waals surface area contributed by atoms with E-state index in [1.54, 1.807) is 7.11 Å². The van der Waals surface area contributed by atoms with Crippen LogP contribution in [0.1, 0.15) is 18.9 Å². The third-order valence-electron chi connectivity index (χ3n) is 5.67. The van der Waals surface area contributed by atoms with Gasteiger partial charge in [-0.15, -0.1) is 0 Å². The number of ether oxygens (including phenoxy) is 1. The summed E-state index contributed by atoms with van der Waals surface area (Å²) >= 11 is 0. The molecule has 1 saturated heterocycles. The third kappa shape index (κ3) is 3.54. The van der Waals surface area contributed by atoms with Gasteiger partial charge in [0, 0.05) is 32.7 Å². The van der Waals surface area contributed by atoms with Gasteiger partial charge < -0.3 is 14.5 Å². The molecule has 2 heterocycles.